The number of phenols is 1. The number of pyridine rings is 1. The topological polar surface area (TPSA) is 92.1 Å². The van der Waals surface area contributed by atoms with Crippen LogP contribution in [0, 0.1) is 5.41 Å². The highest BCUT2D eigenvalue weighted by atomic mass is 32.2. The number of carbonyl (C=O) groups excluding carboxylic acids is 2. The molecule has 2 fully saturated rings. The number of phenolic OH excluding ortho intramolecular Hbond substituents is 1. The first-order valence-electron chi connectivity index (χ1n) is 14.3. The molecule has 1 N–H and O–H groups in total. The number of β-lactam (4-membered cyclic amide) rings is 1. The minimum atomic E-state index is -0.936. The number of esters is 1. The minimum absolute atomic E-state index is 0.112. The lowest BCUT2D eigenvalue weighted by molar-refractivity contribution is -0.163. The van der Waals surface area contributed by atoms with E-state index in [9.17, 15) is 14.7 Å². The van der Waals surface area contributed by atoms with Crippen LogP contribution in [0.2, 0.25) is 0 Å². The van der Waals surface area contributed by atoms with Crippen molar-refractivity contribution in [3.8, 4) is 5.75 Å². The maximum absolute atomic E-state index is 14.3. The van der Waals surface area contributed by atoms with Gasteiger partial charge < -0.3 is 14.7 Å². The monoisotopic (exact) mass is 621 g/mol. The number of thioether (sulfide) groups is 2. The summed E-state index contributed by atoms with van der Waals surface area (Å²) in [5.41, 5.74) is 2.35. The molecular formula is C35H31N3O4S2. The third-order valence-corrected chi connectivity index (χ3v) is 10.3. The molecule has 7 nitrogen and oxygen atoms in total. The van der Waals surface area contributed by atoms with Crippen LogP contribution in [0.25, 0.3) is 6.08 Å². The van der Waals surface area contributed by atoms with Crippen molar-refractivity contribution in [1.29, 1.82) is 0 Å². The van der Waals surface area contributed by atoms with Gasteiger partial charge in [-0.1, -0.05) is 78.9 Å². The maximum Gasteiger partial charge on any atom is 0.316 e. The van der Waals surface area contributed by atoms with Crippen molar-refractivity contribution in [3.05, 3.63) is 137 Å². The molecule has 3 aromatic carbocycles. The molecule has 1 amide bonds. The molecule has 2 aliphatic rings. The number of aliphatic imine (C=N–C) groups is 1. The van der Waals surface area contributed by atoms with E-state index in [0.29, 0.717) is 17.1 Å². The Hall–Kier alpha value is -4.34. The molecule has 9 heteroatoms. The fourth-order valence-electron chi connectivity index (χ4n) is 5.26. The van der Waals surface area contributed by atoms with E-state index in [1.54, 1.807) is 53.5 Å². The van der Waals surface area contributed by atoms with Crippen molar-refractivity contribution in [3.63, 3.8) is 0 Å². The Morgan fingerprint density at radius 1 is 1.05 bits per heavy atom. The van der Waals surface area contributed by atoms with Gasteiger partial charge in [0.25, 0.3) is 5.91 Å². The largest absolute Gasteiger partial charge is 0.507 e. The summed E-state index contributed by atoms with van der Waals surface area (Å²) in [6, 6.07) is 29.6. The van der Waals surface area contributed by atoms with E-state index in [1.165, 1.54) is 11.8 Å². The zero-order chi connectivity index (χ0) is 30.4. The first-order chi connectivity index (χ1) is 21.5. The van der Waals surface area contributed by atoms with E-state index >= 15 is 0 Å². The van der Waals surface area contributed by atoms with E-state index in [0.717, 1.165) is 16.7 Å². The molecule has 1 aromatic heterocycles. The average molecular weight is 622 g/mol. The second-order valence-corrected chi connectivity index (χ2v) is 12.7. The summed E-state index contributed by atoms with van der Waals surface area (Å²) in [5, 5.41) is 11.9. The van der Waals surface area contributed by atoms with Crippen LogP contribution >= 0.6 is 23.5 Å². The number of amides is 1. The zero-order valence-corrected chi connectivity index (χ0v) is 25.4. The van der Waals surface area contributed by atoms with Crippen LogP contribution < -0.4 is 0 Å². The molecule has 0 aliphatic carbocycles. The van der Waals surface area contributed by atoms with Crippen molar-refractivity contribution in [2.45, 2.75) is 17.5 Å². The summed E-state index contributed by atoms with van der Waals surface area (Å²) in [5.74, 6) is 0.559. The summed E-state index contributed by atoms with van der Waals surface area (Å²) >= 11 is 3.07. The van der Waals surface area contributed by atoms with Crippen LogP contribution in [0.1, 0.15) is 28.4 Å². The molecule has 6 rings (SSSR count). The van der Waals surface area contributed by atoms with E-state index in [-0.39, 0.29) is 29.5 Å². The van der Waals surface area contributed by atoms with Crippen molar-refractivity contribution >= 4 is 47.7 Å². The van der Waals surface area contributed by atoms with E-state index in [4.69, 9.17) is 4.74 Å². The second kappa shape index (κ2) is 13.5. The number of hydrogen-bond acceptors (Lipinski definition) is 8. The molecule has 3 atom stereocenters. The standard InChI is InChI=1S/C35H31N3O4S2/c39-29-16-8-7-15-28(29)21-37-30-32(40)38-22-35(24-44-33(30)38,23-43-19-17-25-10-9-18-36-20-25)34(41)42-31(26-11-3-1-4-12-26)27-13-5-2-6-14-27/h1-21,30-31,33,39H,22-24H2/t30?,33-,35?/m1/s1. The number of aromatic nitrogens is 1. The molecule has 2 aliphatic heterocycles. The van der Waals surface area contributed by atoms with Crippen LogP contribution in [-0.2, 0) is 14.3 Å². The Bertz CT molecular complexity index is 1610. The highest BCUT2D eigenvalue weighted by molar-refractivity contribution is 8.02. The van der Waals surface area contributed by atoms with Crippen LogP contribution in [0.4, 0.5) is 0 Å². The molecule has 0 saturated carbocycles. The summed E-state index contributed by atoms with van der Waals surface area (Å²) in [6.45, 7) is 0.245. The number of carbonyl (C=O) groups is 2. The van der Waals surface area contributed by atoms with E-state index in [1.807, 2.05) is 90.3 Å². The Balaban J connectivity index is 1.23. The van der Waals surface area contributed by atoms with Gasteiger partial charge in [-0.25, -0.2) is 0 Å². The molecule has 4 aromatic rings. The Morgan fingerprint density at radius 3 is 2.43 bits per heavy atom. The molecule has 0 spiro atoms. The highest BCUT2D eigenvalue weighted by Gasteiger charge is 2.57. The maximum atomic E-state index is 14.3. The summed E-state index contributed by atoms with van der Waals surface area (Å²) < 4.78 is 6.37. The third kappa shape index (κ3) is 6.44. The van der Waals surface area contributed by atoms with Gasteiger partial charge in [-0.2, -0.15) is 0 Å². The fraction of sp³-hybridized carbons (Fsp3) is 0.200. The van der Waals surface area contributed by atoms with Crippen molar-refractivity contribution in [2.75, 3.05) is 18.1 Å². The van der Waals surface area contributed by atoms with Crippen molar-refractivity contribution in [2.24, 2.45) is 10.4 Å². The molecule has 222 valence electrons. The van der Waals surface area contributed by atoms with Gasteiger partial charge in [0.1, 0.15) is 16.5 Å². The lowest BCUT2D eigenvalue weighted by Crippen LogP contribution is -2.69. The number of benzene rings is 3. The Morgan fingerprint density at radius 2 is 1.75 bits per heavy atom. The number of ether oxygens (including phenoxy) is 1. The van der Waals surface area contributed by atoms with Gasteiger partial charge in [0.2, 0.25) is 0 Å². The normalized spacial score (nSPS) is 21.4. The van der Waals surface area contributed by atoms with Gasteiger partial charge in [-0.05, 0) is 46.4 Å². The third-order valence-electron chi connectivity index (χ3n) is 7.69. The van der Waals surface area contributed by atoms with Crippen LogP contribution in [0.5, 0.6) is 5.75 Å². The number of para-hydroxylation sites is 1. The average Bonchev–Trinajstić information content (AvgIpc) is 3.07. The Labute approximate surface area is 265 Å². The van der Waals surface area contributed by atoms with Gasteiger partial charge >= 0.3 is 5.97 Å². The molecule has 2 unspecified atom stereocenters. The van der Waals surface area contributed by atoms with Crippen LogP contribution in [0.3, 0.4) is 0 Å². The molecule has 2 saturated heterocycles. The number of hydrogen-bond donors (Lipinski definition) is 1. The van der Waals surface area contributed by atoms with Crippen LogP contribution in [-0.4, -0.2) is 62.5 Å². The quantitative estimate of drug-likeness (QED) is 0.128. The fourth-order valence-corrected chi connectivity index (χ4v) is 7.90. The van der Waals surface area contributed by atoms with Crippen molar-refractivity contribution in [1.82, 2.24) is 9.88 Å². The summed E-state index contributed by atoms with van der Waals surface area (Å²) in [4.78, 5) is 38.0. The van der Waals surface area contributed by atoms with E-state index in [2.05, 4.69) is 9.98 Å². The first-order valence-corrected chi connectivity index (χ1v) is 16.4. The second-order valence-electron chi connectivity index (χ2n) is 10.7. The van der Waals surface area contributed by atoms with Crippen LogP contribution in [0.15, 0.2) is 120 Å². The lowest BCUT2D eigenvalue weighted by Gasteiger charge is -2.53. The highest BCUT2D eigenvalue weighted by Crippen LogP contribution is 2.46. The predicted molar refractivity (Wildman–Crippen MR) is 176 cm³/mol. The predicted octanol–water partition coefficient (Wildman–Crippen LogP) is 6.21. The number of nitrogens with zero attached hydrogens (tertiary/aromatic N) is 3. The molecular weight excluding hydrogens is 591 g/mol. The molecule has 44 heavy (non-hydrogen) atoms. The smallest absolute Gasteiger partial charge is 0.316 e. The summed E-state index contributed by atoms with van der Waals surface area (Å²) in [6.07, 6.45) is 6.44. The SMILES string of the molecule is O=C1C(N=Cc2ccccc2O)[C@H]2SCC(CSC=Cc3cccnc3)(C(=O)OC(c3ccccc3)c3ccccc3)CN12. The van der Waals surface area contributed by atoms with E-state index < -0.39 is 17.6 Å². The first kappa shape index (κ1) is 29.7. The number of aromatic hydroxyl groups is 1. The zero-order valence-electron chi connectivity index (χ0n) is 23.8. The molecule has 0 bridgehead atoms. The van der Waals surface area contributed by atoms with Gasteiger partial charge in [-0.15, -0.1) is 23.5 Å². The minimum Gasteiger partial charge on any atom is -0.507 e. The van der Waals surface area contributed by atoms with Gasteiger partial charge in [0.05, 0.1) is 0 Å². The molecule has 3 heterocycles. The Kier molecular flexibility index (Phi) is 9.14. The lowest BCUT2D eigenvalue weighted by atomic mass is 9.89. The molecule has 0 radical (unpaired) electrons. The number of rotatable bonds is 10. The van der Waals surface area contributed by atoms with Crippen molar-refractivity contribution < 1.29 is 19.4 Å². The van der Waals surface area contributed by atoms with Gasteiger partial charge in [0, 0.05) is 42.2 Å². The van der Waals surface area contributed by atoms with Gasteiger partial charge in [-0.3, -0.25) is 19.6 Å². The summed E-state index contributed by atoms with van der Waals surface area (Å²) in [7, 11) is 0. The number of fused-ring (bicyclic) bond motifs is 1. The van der Waals surface area contributed by atoms with Gasteiger partial charge in [0.15, 0.2) is 12.1 Å².